The van der Waals surface area contributed by atoms with Crippen LogP contribution in [0.15, 0.2) is 47.4 Å². The van der Waals surface area contributed by atoms with E-state index in [-0.39, 0.29) is 34.5 Å². The van der Waals surface area contributed by atoms with Crippen LogP contribution in [0.5, 0.6) is 0 Å². The van der Waals surface area contributed by atoms with Gasteiger partial charge in [0.15, 0.2) is 0 Å². The molecule has 1 N–H and O–H groups in total. The van der Waals surface area contributed by atoms with Crippen LogP contribution in [0, 0.1) is 0 Å². The second-order valence-electron chi connectivity index (χ2n) is 2.98. The fraction of sp³-hybridized carbons (Fsp3) is 0. The normalized spacial score (nSPS) is 9.94. The predicted octanol–water partition coefficient (Wildman–Crippen LogP) is 1.52. The van der Waals surface area contributed by atoms with Crippen molar-refractivity contribution in [3.63, 3.8) is 0 Å². The summed E-state index contributed by atoms with van der Waals surface area (Å²) in [6.07, 6.45) is 0. The van der Waals surface area contributed by atoms with Gasteiger partial charge in [-0.2, -0.15) is 8.42 Å². The van der Waals surface area contributed by atoms with Crippen LogP contribution < -0.4 is 0 Å². The zero-order valence-corrected chi connectivity index (χ0v) is 12.1. The molecule has 0 saturated heterocycles. The maximum Gasteiger partial charge on any atom is 0.294 e. The van der Waals surface area contributed by atoms with Gasteiger partial charge in [0.1, 0.15) is 6.79 Å². The predicted molar refractivity (Wildman–Crippen MR) is 66.6 cm³/mol. The Kier molecular flexibility index (Phi) is 6.59. The molecule has 6 heteroatoms. The Balaban J connectivity index is 0.000000811. The fourth-order valence-corrected chi connectivity index (χ4v) is 1.84. The standard InChI is InChI=1S/C10H8O3S.CH2O.Na/c11-14(12,13)10-6-5-8-3-1-2-4-9(8)7-10;1-2;/h1-7H,(H,11,12,13);1H2;. The molecule has 0 fully saturated rings. The van der Waals surface area contributed by atoms with Crippen molar-refractivity contribution in [3.05, 3.63) is 42.5 Å². The number of carbonyl (C=O) groups is 1. The van der Waals surface area contributed by atoms with Gasteiger partial charge in [0.05, 0.1) is 4.90 Å². The molecule has 0 saturated carbocycles. The number of rotatable bonds is 1. The summed E-state index contributed by atoms with van der Waals surface area (Å²) in [7, 11) is -4.09. The van der Waals surface area contributed by atoms with Crippen LogP contribution in [-0.2, 0) is 14.9 Å². The van der Waals surface area contributed by atoms with Gasteiger partial charge in [0, 0.05) is 29.6 Å². The topological polar surface area (TPSA) is 71.4 Å². The van der Waals surface area contributed by atoms with Crippen molar-refractivity contribution in [3.8, 4) is 0 Å². The molecule has 0 aliphatic heterocycles. The maximum atomic E-state index is 10.8. The van der Waals surface area contributed by atoms with Gasteiger partial charge >= 0.3 is 0 Å². The van der Waals surface area contributed by atoms with E-state index in [1.54, 1.807) is 12.1 Å². The van der Waals surface area contributed by atoms with Gasteiger partial charge < -0.3 is 4.79 Å². The molecule has 0 heterocycles. The molecule has 2 aromatic rings. The van der Waals surface area contributed by atoms with E-state index in [4.69, 9.17) is 9.35 Å². The summed E-state index contributed by atoms with van der Waals surface area (Å²) in [6.45, 7) is 2.00. The fourth-order valence-electron chi connectivity index (χ4n) is 1.33. The van der Waals surface area contributed by atoms with E-state index in [9.17, 15) is 8.42 Å². The Labute approximate surface area is 122 Å². The van der Waals surface area contributed by atoms with E-state index < -0.39 is 10.1 Å². The van der Waals surface area contributed by atoms with Gasteiger partial charge in [-0.1, -0.05) is 30.3 Å². The quantitative estimate of drug-likeness (QED) is 0.624. The Bertz CT molecular complexity index is 595. The summed E-state index contributed by atoms with van der Waals surface area (Å²) in [6, 6.07) is 11.9. The third kappa shape index (κ3) is 4.22. The largest absolute Gasteiger partial charge is 0.307 e. The van der Waals surface area contributed by atoms with Crippen molar-refractivity contribution in [1.29, 1.82) is 0 Å². The minimum atomic E-state index is -4.09. The monoisotopic (exact) mass is 261 g/mol. The molecule has 2 rings (SSSR count). The number of carbonyl (C=O) groups excluding carboxylic acids is 1. The summed E-state index contributed by atoms with van der Waals surface area (Å²) in [5.74, 6) is 0. The van der Waals surface area contributed by atoms with E-state index >= 15 is 0 Å². The maximum absolute atomic E-state index is 10.8. The molecule has 4 nitrogen and oxygen atoms in total. The van der Waals surface area contributed by atoms with Gasteiger partial charge in [-0.3, -0.25) is 4.55 Å². The molecule has 17 heavy (non-hydrogen) atoms. The first-order valence-corrected chi connectivity index (χ1v) is 5.76. The van der Waals surface area contributed by atoms with Crippen molar-refractivity contribution in [2.45, 2.75) is 4.90 Å². The molecule has 1 radical (unpaired) electrons. The van der Waals surface area contributed by atoms with Crippen LogP contribution in [0.2, 0.25) is 0 Å². The van der Waals surface area contributed by atoms with Gasteiger partial charge in [0.2, 0.25) is 0 Å². The minimum absolute atomic E-state index is 0. The van der Waals surface area contributed by atoms with Crippen LogP contribution in [0.3, 0.4) is 0 Å². The Morgan fingerprint density at radius 3 is 2.00 bits per heavy atom. The third-order valence-corrected chi connectivity index (χ3v) is 2.87. The van der Waals surface area contributed by atoms with Crippen LogP contribution in [0.1, 0.15) is 0 Å². The zero-order valence-electron chi connectivity index (χ0n) is 9.33. The molecule has 0 amide bonds. The third-order valence-electron chi connectivity index (χ3n) is 2.02. The molecule has 0 bridgehead atoms. The number of fused-ring (bicyclic) bond motifs is 1. The number of hydrogen-bond acceptors (Lipinski definition) is 3. The molecule has 0 aliphatic carbocycles. The average Bonchev–Trinajstić information content (AvgIpc) is 2.30. The van der Waals surface area contributed by atoms with E-state index in [0.29, 0.717) is 0 Å². The molecule has 0 aliphatic rings. The van der Waals surface area contributed by atoms with Crippen molar-refractivity contribution >= 4 is 57.2 Å². The second-order valence-corrected chi connectivity index (χ2v) is 4.41. The molecule has 0 atom stereocenters. The molecule has 0 spiro atoms. The number of benzene rings is 2. The van der Waals surface area contributed by atoms with E-state index in [0.717, 1.165) is 10.8 Å². The summed E-state index contributed by atoms with van der Waals surface area (Å²) in [5.41, 5.74) is 0. The van der Waals surface area contributed by atoms with Crippen LogP contribution >= 0.6 is 0 Å². The van der Waals surface area contributed by atoms with Crippen molar-refractivity contribution in [1.82, 2.24) is 0 Å². The van der Waals surface area contributed by atoms with E-state index in [1.165, 1.54) is 12.1 Å². The first-order valence-electron chi connectivity index (χ1n) is 4.32. The zero-order chi connectivity index (χ0) is 12.2. The molecular formula is C11H10NaO4S. The first-order chi connectivity index (χ1) is 7.57. The summed E-state index contributed by atoms with van der Waals surface area (Å²) in [4.78, 5) is 7.93. The van der Waals surface area contributed by atoms with Crippen LogP contribution in [-0.4, -0.2) is 49.3 Å². The molecule has 0 unspecified atom stereocenters. The molecular weight excluding hydrogens is 251 g/mol. The average molecular weight is 261 g/mol. The minimum Gasteiger partial charge on any atom is -0.307 e. The first kappa shape index (κ1) is 16.3. The van der Waals surface area contributed by atoms with E-state index in [2.05, 4.69) is 0 Å². The smallest absolute Gasteiger partial charge is 0.294 e. The molecule has 0 aromatic heterocycles. The summed E-state index contributed by atoms with van der Waals surface area (Å²) in [5, 5.41) is 1.74. The van der Waals surface area contributed by atoms with E-state index in [1.807, 2.05) is 25.0 Å². The van der Waals surface area contributed by atoms with Gasteiger partial charge in [-0.15, -0.1) is 0 Å². The van der Waals surface area contributed by atoms with Crippen LogP contribution in [0.25, 0.3) is 10.8 Å². The summed E-state index contributed by atoms with van der Waals surface area (Å²) < 4.78 is 30.5. The van der Waals surface area contributed by atoms with Crippen molar-refractivity contribution in [2.75, 3.05) is 0 Å². The summed E-state index contributed by atoms with van der Waals surface area (Å²) >= 11 is 0. The van der Waals surface area contributed by atoms with Gasteiger partial charge in [-0.25, -0.2) is 0 Å². The van der Waals surface area contributed by atoms with Gasteiger partial charge in [0.25, 0.3) is 10.1 Å². The Morgan fingerprint density at radius 2 is 1.47 bits per heavy atom. The number of hydrogen-bond donors (Lipinski definition) is 1. The Hall–Kier alpha value is -0.720. The van der Waals surface area contributed by atoms with Crippen molar-refractivity contribution in [2.24, 2.45) is 0 Å². The molecule has 85 valence electrons. The van der Waals surface area contributed by atoms with Crippen molar-refractivity contribution < 1.29 is 17.8 Å². The van der Waals surface area contributed by atoms with Gasteiger partial charge in [-0.05, 0) is 22.9 Å². The SMILES string of the molecule is C=O.O=S(=O)(O)c1ccc2ccccc2c1.[Na]. The van der Waals surface area contributed by atoms with Crippen LogP contribution in [0.4, 0.5) is 0 Å². The molecule has 2 aromatic carbocycles. The Morgan fingerprint density at radius 1 is 0.941 bits per heavy atom. The second kappa shape index (κ2) is 6.88.